The fraction of sp³-hybridized carbons (Fsp3) is 0.480. The third kappa shape index (κ3) is 2.76. The Hall–Kier alpha value is -2.27. The highest BCUT2D eigenvalue weighted by molar-refractivity contribution is 5.86. The maximum atomic E-state index is 10.2. The molecule has 1 saturated heterocycles. The molecular weight excluding hydrogens is 328 g/mol. The largest absolute Gasteiger partial charge is 0.370 e. The van der Waals surface area contributed by atoms with Gasteiger partial charge < -0.3 is 4.90 Å². The van der Waals surface area contributed by atoms with Crippen molar-refractivity contribution in [1.29, 1.82) is 5.26 Å². The number of hydrogen-bond acceptors (Lipinski definition) is 2. The Labute approximate surface area is 162 Å². The fourth-order valence-corrected chi connectivity index (χ4v) is 5.63. The molecule has 5 rings (SSSR count). The van der Waals surface area contributed by atoms with Gasteiger partial charge in [-0.25, -0.2) is 0 Å². The van der Waals surface area contributed by atoms with Gasteiger partial charge in [-0.1, -0.05) is 30.7 Å². The van der Waals surface area contributed by atoms with Gasteiger partial charge in [0.25, 0.3) is 0 Å². The van der Waals surface area contributed by atoms with E-state index in [0.29, 0.717) is 0 Å². The van der Waals surface area contributed by atoms with E-state index in [2.05, 4.69) is 35.2 Å². The number of benzene rings is 2. The van der Waals surface area contributed by atoms with Crippen LogP contribution in [-0.4, -0.2) is 13.1 Å². The average molecular weight is 357 g/mol. The molecule has 3 aliphatic rings. The van der Waals surface area contributed by atoms with E-state index in [1.54, 1.807) is 0 Å². The van der Waals surface area contributed by atoms with Gasteiger partial charge >= 0.3 is 0 Å². The number of piperidine rings is 1. The van der Waals surface area contributed by atoms with Crippen LogP contribution in [0.3, 0.4) is 0 Å². The summed E-state index contributed by atoms with van der Waals surface area (Å²) in [6, 6.07) is 11.7. The SMILES string of the molecule is N#Cc1c2c(c3c(c1N1CCCCC1)CCc1ccccc1-3)CCCCC2. The summed E-state index contributed by atoms with van der Waals surface area (Å²) >= 11 is 0. The minimum absolute atomic E-state index is 1.02. The van der Waals surface area contributed by atoms with E-state index in [9.17, 15) is 5.26 Å². The molecule has 1 heterocycles. The molecule has 2 aromatic rings. The first kappa shape index (κ1) is 16.9. The van der Waals surface area contributed by atoms with E-state index in [1.165, 1.54) is 77.6 Å². The highest BCUT2D eigenvalue weighted by atomic mass is 15.1. The smallest absolute Gasteiger partial charge is 0.102 e. The van der Waals surface area contributed by atoms with Crippen LogP contribution >= 0.6 is 0 Å². The van der Waals surface area contributed by atoms with Crippen LogP contribution in [0, 0.1) is 11.3 Å². The molecule has 27 heavy (non-hydrogen) atoms. The zero-order valence-corrected chi connectivity index (χ0v) is 16.2. The number of aryl methyl sites for hydroxylation is 1. The summed E-state index contributed by atoms with van der Waals surface area (Å²) in [6.07, 6.45) is 12.0. The Morgan fingerprint density at radius 1 is 0.741 bits per heavy atom. The summed E-state index contributed by atoms with van der Waals surface area (Å²) in [5.74, 6) is 0. The minimum Gasteiger partial charge on any atom is -0.370 e. The van der Waals surface area contributed by atoms with Crippen LogP contribution in [0.5, 0.6) is 0 Å². The van der Waals surface area contributed by atoms with Gasteiger partial charge in [-0.3, -0.25) is 0 Å². The number of hydrogen-bond donors (Lipinski definition) is 0. The maximum absolute atomic E-state index is 10.2. The molecule has 2 aromatic carbocycles. The second-order valence-electron chi connectivity index (χ2n) is 8.41. The zero-order valence-electron chi connectivity index (χ0n) is 16.2. The predicted molar refractivity (Wildman–Crippen MR) is 111 cm³/mol. The third-order valence-corrected chi connectivity index (χ3v) is 6.86. The zero-order chi connectivity index (χ0) is 18.2. The molecule has 0 bridgehead atoms. The van der Waals surface area contributed by atoms with Crippen molar-refractivity contribution in [2.45, 2.75) is 64.2 Å². The Balaban J connectivity index is 1.82. The standard InChI is InChI=1S/C25H28N2/c26-17-23-20-11-3-1-4-12-21(20)24-19-10-6-5-9-18(19)13-14-22(24)25(23)27-15-7-2-8-16-27/h5-6,9-10H,1-4,7-8,11-16H2. The Bertz CT molecular complexity index is 913. The molecule has 0 radical (unpaired) electrons. The quantitative estimate of drug-likeness (QED) is 0.623. The molecule has 2 heteroatoms. The van der Waals surface area contributed by atoms with Crippen LogP contribution in [0.4, 0.5) is 5.69 Å². The summed E-state index contributed by atoms with van der Waals surface area (Å²) in [5.41, 5.74) is 11.1. The van der Waals surface area contributed by atoms with Crippen molar-refractivity contribution >= 4 is 5.69 Å². The van der Waals surface area contributed by atoms with E-state index < -0.39 is 0 Å². The van der Waals surface area contributed by atoms with Crippen molar-refractivity contribution in [1.82, 2.24) is 0 Å². The second-order valence-corrected chi connectivity index (χ2v) is 8.41. The van der Waals surface area contributed by atoms with Gasteiger partial charge in [0.05, 0.1) is 11.3 Å². The number of rotatable bonds is 1. The molecule has 2 aliphatic carbocycles. The molecule has 0 spiro atoms. The van der Waals surface area contributed by atoms with Crippen molar-refractivity contribution in [3.63, 3.8) is 0 Å². The van der Waals surface area contributed by atoms with Crippen LogP contribution < -0.4 is 4.90 Å². The van der Waals surface area contributed by atoms with Crippen LogP contribution in [0.25, 0.3) is 11.1 Å². The summed E-state index contributed by atoms with van der Waals surface area (Å²) < 4.78 is 0. The van der Waals surface area contributed by atoms with Crippen LogP contribution in [0.1, 0.15) is 66.3 Å². The molecule has 0 amide bonds. The highest BCUT2D eigenvalue weighted by Gasteiger charge is 2.31. The first-order valence-corrected chi connectivity index (χ1v) is 10.8. The lowest BCUT2D eigenvalue weighted by Crippen LogP contribution is -2.32. The lowest BCUT2D eigenvalue weighted by Gasteiger charge is -2.36. The van der Waals surface area contributed by atoms with E-state index >= 15 is 0 Å². The molecule has 2 nitrogen and oxygen atoms in total. The van der Waals surface area contributed by atoms with Crippen molar-refractivity contribution < 1.29 is 0 Å². The fourth-order valence-electron chi connectivity index (χ4n) is 5.63. The van der Waals surface area contributed by atoms with Crippen molar-refractivity contribution in [3.05, 3.63) is 52.1 Å². The molecule has 0 atom stereocenters. The van der Waals surface area contributed by atoms with E-state index in [1.807, 2.05) is 0 Å². The molecule has 1 aliphatic heterocycles. The van der Waals surface area contributed by atoms with Gasteiger partial charge in [0.15, 0.2) is 0 Å². The van der Waals surface area contributed by atoms with Crippen molar-refractivity contribution in [2.75, 3.05) is 18.0 Å². The summed E-state index contributed by atoms with van der Waals surface area (Å²) in [4.78, 5) is 2.56. The predicted octanol–water partition coefficient (Wildman–Crippen LogP) is 5.58. The topological polar surface area (TPSA) is 27.0 Å². The summed E-state index contributed by atoms with van der Waals surface area (Å²) in [5, 5.41) is 10.2. The maximum Gasteiger partial charge on any atom is 0.102 e. The van der Waals surface area contributed by atoms with Gasteiger partial charge in [0.2, 0.25) is 0 Å². The summed E-state index contributed by atoms with van der Waals surface area (Å²) in [7, 11) is 0. The lowest BCUT2D eigenvalue weighted by molar-refractivity contribution is 0.575. The molecule has 138 valence electrons. The lowest BCUT2D eigenvalue weighted by atomic mass is 9.77. The average Bonchev–Trinajstić information content (AvgIpc) is 2.99. The van der Waals surface area contributed by atoms with Gasteiger partial charge in [-0.15, -0.1) is 0 Å². The third-order valence-electron chi connectivity index (χ3n) is 6.86. The normalized spacial score (nSPS) is 18.7. The first-order chi connectivity index (χ1) is 13.4. The molecular formula is C25H28N2. The van der Waals surface area contributed by atoms with Gasteiger partial charge in [0.1, 0.15) is 6.07 Å². The Kier molecular flexibility index (Phi) is 4.40. The molecule has 0 aromatic heterocycles. The number of nitrogens with zero attached hydrogens (tertiary/aromatic N) is 2. The Morgan fingerprint density at radius 3 is 2.30 bits per heavy atom. The van der Waals surface area contributed by atoms with E-state index in [4.69, 9.17) is 0 Å². The van der Waals surface area contributed by atoms with Crippen LogP contribution in [0.2, 0.25) is 0 Å². The van der Waals surface area contributed by atoms with Crippen LogP contribution in [0.15, 0.2) is 24.3 Å². The molecule has 0 unspecified atom stereocenters. The highest BCUT2D eigenvalue weighted by Crippen LogP contribution is 2.46. The van der Waals surface area contributed by atoms with Gasteiger partial charge in [-0.2, -0.15) is 5.26 Å². The van der Waals surface area contributed by atoms with Crippen molar-refractivity contribution in [2.24, 2.45) is 0 Å². The minimum atomic E-state index is 1.02. The number of fused-ring (bicyclic) bond motifs is 5. The van der Waals surface area contributed by atoms with Gasteiger partial charge in [-0.05, 0) is 91.2 Å². The number of anilines is 1. The van der Waals surface area contributed by atoms with Gasteiger partial charge in [0, 0.05) is 13.1 Å². The molecule has 1 fully saturated rings. The monoisotopic (exact) mass is 356 g/mol. The second kappa shape index (κ2) is 7.04. The van der Waals surface area contributed by atoms with Crippen LogP contribution in [-0.2, 0) is 25.7 Å². The van der Waals surface area contributed by atoms with Crippen molar-refractivity contribution in [3.8, 4) is 17.2 Å². The Morgan fingerprint density at radius 2 is 1.48 bits per heavy atom. The number of nitriles is 1. The molecule has 0 N–H and O–H groups in total. The molecule has 0 saturated carbocycles. The summed E-state index contributed by atoms with van der Waals surface area (Å²) in [6.45, 7) is 2.23. The van der Waals surface area contributed by atoms with E-state index in [0.717, 1.165) is 44.3 Å². The first-order valence-electron chi connectivity index (χ1n) is 10.8. The van der Waals surface area contributed by atoms with E-state index in [-0.39, 0.29) is 0 Å².